The van der Waals surface area contributed by atoms with Gasteiger partial charge >= 0.3 is 6.01 Å². The molecule has 0 N–H and O–H groups in total. The SMILES string of the molecule is Cc1nccc2sc(C(C#N)c3ccnc(OCc4cncc(N5CCOCC5)c4)n3)nc12. The first-order valence-corrected chi connectivity index (χ1v) is 11.4. The molecule has 1 aliphatic rings. The minimum Gasteiger partial charge on any atom is -0.459 e. The highest BCUT2D eigenvalue weighted by Gasteiger charge is 2.21. The second-order valence-corrected chi connectivity index (χ2v) is 8.62. The number of hydrogen-bond acceptors (Lipinski definition) is 10. The van der Waals surface area contributed by atoms with Crippen LogP contribution in [0, 0.1) is 18.3 Å². The Hall–Kier alpha value is -3.68. The molecule has 0 bridgehead atoms. The number of ether oxygens (including phenoxy) is 2. The predicted molar refractivity (Wildman–Crippen MR) is 123 cm³/mol. The molecule has 5 rings (SSSR count). The molecule has 166 valence electrons. The number of fused-ring (bicyclic) bond motifs is 1. The van der Waals surface area contributed by atoms with E-state index in [-0.39, 0.29) is 12.6 Å². The molecule has 4 aromatic heterocycles. The highest BCUT2D eigenvalue weighted by Crippen LogP contribution is 2.31. The number of pyridine rings is 2. The van der Waals surface area contributed by atoms with Crippen molar-refractivity contribution < 1.29 is 9.47 Å². The number of hydrogen-bond donors (Lipinski definition) is 0. The maximum atomic E-state index is 9.86. The lowest BCUT2D eigenvalue weighted by atomic mass is 10.1. The van der Waals surface area contributed by atoms with E-state index in [4.69, 9.17) is 9.47 Å². The summed E-state index contributed by atoms with van der Waals surface area (Å²) >= 11 is 1.47. The minimum atomic E-state index is -0.613. The van der Waals surface area contributed by atoms with Gasteiger partial charge in [-0.25, -0.2) is 9.97 Å². The molecular formula is C23H21N7O2S. The van der Waals surface area contributed by atoms with Crippen molar-refractivity contribution in [3.8, 4) is 12.1 Å². The van der Waals surface area contributed by atoms with Crippen LogP contribution in [0.2, 0.25) is 0 Å². The Morgan fingerprint density at radius 3 is 2.85 bits per heavy atom. The summed E-state index contributed by atoms with van der Waals surface area (Å²) in [4.78, 5) is 24.2. The Labute approximate surface area is 194 Å². The van der Waals surface area contributed by atoms with E-state index in [0.717, 1.165) is 40.3 Å². The summed E-state index contributed by atoms with van der Waals surface area (Å²) in [5.41, 5.74) is 4.16. The normalized spacial score (nSPS) is 14.7. The highest BCUT2D eigenvalue weighted by atomic mass is 32.1. The molecule has 10 heteroatoms. The molecule has 1 aliphatic heterocycles. The van der Waals surface area contributed by atoms with Crippen molar-refractivity contribution in [2.75, 3.05) is 31.2 Å². The maximum Gasteiger partial charge on any atom is 0.316 e. The third-order valence-electron chi connectivity index (χ3n) is 5.36. The van der Waals surface area contributed by atoms with Gasteiger partial charge in [0.25, 0.3) is 0 Å². The third-order valence-corrected chi connectivity index (χ3v) is 6.44. The Balaban J connectivity index is 1.32. The van der Waals surface area contributed by atoms with Gasteiger partial charge in [-0.15, -0.1) is 11.3 Å². The van der Waals surface area contributed by atoms with Crippen molar-refractivity contribution in [1.29, 1.82) is 5.26 Å². The summed E-state index contributed by atoms with van der Waals surface area (Å²) in [6, 6.07) is 8.21. The lowest BCUT2D eigenvalue weighted by molar-refractivity contribution is 0.122. The van der Waals surface area contributed by atoms with Crippen molar-refractivity contribution >= 4 is 27.2 Å². The molecule has 4 aromatic rings. The molecule has 5 heterocycles. The van der Waals surface area contributed by atoms with Crippen LogP contribution in [0.3, 0.4) is 0 Å². The van der Waals surface area contributed by atoms with Crippen molar-refractivity contribution in [1.82, 2.24) is 24.9 Å². The van der Waals surface area contributed by atoms with Crippen LogP contribution in [-0.2, 0) is 11.3 Å². The topological polar surface area (TPSA) is 110 Å². The molecule has 33 heavy (non-hydrogen) atoms. The number of aromatic nitrogens is 5. The van der Waals surface area contributed by atoms with Crippen molar-refractivity contribution in [2.24, 2.45) is 0 Å². The van der Waals surface area contributed by atoms with Gasteiger partial charge in [0.2, 0.25) is 0 Å². The third kappa shape index (κ3) is 4.60. The molecule has 1 fully saturated rings. The fraction of sp³-hybridized carbons (Fsp3) is 0.304. The van der Waals surface area contributed by atoms with Gasteiger partial charge in [-0.3, -0.25) is 9.97 Å². The Kier molecular flexibility index (Phi) is 6.06. The lowest BCUT2D eigenvalue weighted by Gasteiger charge is -2.28. The molecule has 1 saturated heterocycles. The Bertz CT molecular complexity index is 1310. The molecular weight excluding hydrogens is 438 g/mol. The van der Waals surface area contributed by atoms with E-state index in [2.05, 4.69) is 42.0 Å². The fourth-order valence-corrected chi connectivity index (χ4v) is 4.72. The van der Waals surface area contributed by atoms with Crippen LogP contribution < -0.4 is 9.64 Å². The van der Waals surface area contributed by atoms with E-state index in [1.54, 1.807) is 24.7 Å². The summed E-state index contributed by atoms with van der Waals surface area (Å²) in [5, 5.41) is 10.5. The maximum absolute atomic E-state index is 9.86. The molecule has 0 spiro atoms. The molecule has 0 saturated carbocycles. The first-order valence-electron chi connectivity index (χ1n) is 10.6. The molecule has 0 aromatic carbocycles. The Morgan fingerprint density at radius 2 is 2.03 bits per heavy atom. The standard InChI is InChI=1S/C23H21N7O2S/c1-15-21-20(3-5-26-15)33-22(29-21)18(11-24)19-2-4-27-23(28-19)32-14-16-10-17(13-25-12-16)30-6-8-31-9-7-30/h2-5,10,12-13,18H,6-9,14H2,1H3. The first kappa shape index (κ1) is 21.2. The largest absolute Gasteiger partial charge is 0.459 e. The summed E-state index contributed by atoms with van der Waals surface area (Å²) in [5.74, 6) is -0.613. The summed E-state index contributed by atoms with van der Waals surface area (Å²) in [6.45, 7) is 5.30. The van der Waals surface area contributed by atoms with E-state index in [1.807, 2.05) is 19.2 Å². The van der Waals surface area contributed by atoms with Gasteiger partial charge in [-0.1, -0.05) is 0 Å². The minimum absolute atomic E-state index is 0.212. The number of morpholine rings is 1. The number of aryl methyl sites for hydroxylation is 1. The molecule has 0 radical (unpaired) electrons. The average Bonchev–Trinajstić information content (AvgIpc) is 3.30. The van der Waals surface area contributed by atoms with Crippen molar-refractivity contribution in [2.45, 2.75) is 19.4 Å². The van der Waals surface area contributed by atoms with Crippen LogP contribution >= 0.6 is 11.3 Å². The van der Waals surface area contributed by atoms with Crippen LogP contribution in [-0.4, -0.2) is 51.2 Å². The number of thiazole rings is 1. The Morgan fingerprint density at radius 1 is 1.18 bits per heavy atom. The molecule has 0 aliphatic carbocycles. The van der Waals surface area contributed by atoms with Gasteiger partial charge in [-0.05, 0) is 25.1 Å². The van der Waals surface area contributed by atoms with Gasteiger partial charge in [0.1, 0.15) is 23.0 Å². The van der Waals surface area contributed by atoms with Gasteiger partial charge in [0, 0.05) is 37.2 Å². The molecule has 1 unspecified atom stereocenters. The number of nitrogens with zero attached hydrogens (tertiary/aromatic N) is 7. The van der Waals surface area contributed by atoms with E-state index in [1.165, 1.54) is 11.3 Å². The number of nitriles is 1. The van der Waals surface area contributed by atoms with Gasteiger partial charge in [0.05, 0.1) is 47.3 Å². The fourth-order valence-electron chi connectivity index (χ4n) is 3.65. The zero-order valence-corrected chi connectivity index (χ0v) is 18.8. The predicted octanol–water partition coefficient (Wildman–Crippen LogP) is 3.26. The second kappa shape index (κ2) is 9.44. The monoisotopic (exact) mass is 459 g/mol. The van der Waals surface area contributed by atoms with Crippen LogP contribution in [0.1, 0.15) is 27.9 Å². The van der Waals surface area contributed by atoms with E-state index >= 15 is 0 Å². The molecule has 1 atom stereocenters. The summed E-state index contributed by atoms with van der Waals surface area (Å²) in [7, 11) is 0. The van der Waals surface area contributed by atoms with Crippen LogP contribution in [0.5, 0.6) is 6.01 Å². The van der Waals surface area contributed by atoms with E-state index in [9.17, 15) is 5.26 Å². The van der Waals surface area contributed by atoms with Gasteiger partial charge in [-0.2, -0.15) is 10.2 Å². The van der Waals surface area contributed by atoms with Gasteiger partial charge in [0.15, 0.2) is 0 Å². The van der Waals surface area contributed by atoms with Crippen molar-refractivity contribution in [3.05, 3.63) is 64.9 Å². The first-order chi connectivity index (χ1) is 16.2. The molecule has 0 amide bonds. The number of rotatable bonds is 6. The quantitative estimate of drug-likeness (QED) is 0.429. The van der Waals surface area contributed by atoms with Crippen LogP contribution in [0.25, 0.3) is 10.2 Å². The highest BCUT2D eigenvalue weighted by molar-refractivity contribution is 7.18. The smallest absolute Gasteiger partial charge is 0.316 e. The summed E-state index contributed by atoms with van der Waals surface area (Å²) < 4.78 is 12.3. The van der Waals surface area contributed by atoms with E-state index in [0.29, 0.717) is 23.9 Å². The van der Waals surface area contributed by atoms with E-state index < -0.39 is 5.92 Å². The average molecular weight is 460 g/mol. The van der Waals surface area contributed by atoms with Crippen molar-refractivity contribution in [3.63, 3.8) is 0 Å². The van der Waals surface area contributed by atoms with Crippen LogP contribution in [0.4, 0.5) is 5.69 Å². The zero-order chi connectivity index (χ0) is 22.6. The van der Waals surface area contributed by atoms with Gasteiger partial charge < -0.3 is 14.4 Å². The summed E-state index contributed by atoms with van der Waals surface area (Å²) in [6.07, 6.45) is 6.97. The lowest BCUT2D eigenvalue weighted by Crippen LogP contribution is -2.36. The zero-order valence-electron chi connectivity index (χ0n) is 18.0. The number of anilines is 1. The van der Waals surface area contributed by atoms with Crippen LogP contribution in [0.15, 0.2) is 43.0 Å². The molecule has 9 nitrogen and oxygen atoms in total. The second-order valence-electron chi connectivity index (χ2n) is 7.56.